The van der Waals surface area contributed by atoms with Crippen molar-refractivity contribution in [3.05, 3.63) is 48.3 Å². The first-order valence-electron chi connectivity index (χ1n) is 5.78. The molecule has 0 saturated carbocycles. The molecule has 1 aliphatic rings. The van der Waals surface area contributed by atoms with Gasteiger partial charge in [-0.3, -0.25) is 5.01 Å². The van der Waals surface area contributed by atoms with Gasteiger partial charge in [0.2, 0.25) is 0 Å². The van der Waals surface area contributed by atoms with Gasteiger partial charge >= 0.3 is 0 Å². The van der Waals surface area contributed by atoms with Crippen molar-refractivity contribution >= 4 is 5.82 Å². The van der Waals surface area contributed by atoms with E-state index >= 15 is 0 Å². The van der Waals surface area contributed by atoms with Crippen LogP contribution < -0.4 is 10.7 Å². The Labute approximate surface area is 91.3 Å². The summed E-state index contributed by atoms with van der Waals surface area (Å²) in [6.45, 7) is -2.34. The Balaban J connectivity index is 2.18. The summed E-state index contributed by atoms with van der Waals surface area (Å²) < 4.78 is 34.8. The summed E-state index contributed by atoms with van der Waals surface area (Å²) in [4.78, 5) is 3.80. The van der Waals surface area contributed by atoms with Crippen molar-refractivity contribution in [3.8, 4) is 0 Å². The Morgan fingerprint density at radius 2 is 2.53 bits per heavy atom. The average Bonchev–Trinajstić information content (AvgIpc) is 2.31. The van der Waals surface area contributed by atoms with Crippen LogP contribution in [0.4, 0.5) is 10.2 Å². The summed E-state index contributed by atoms with van der Waals surface area (Å²) >= 11 is 0. The van der Waals surface area contributed by atoms with E-state index in [9.17, 15) is 4.39 Å². The van der Waals surface area contributed by atoms with Gasteiger partial charge in [0, 0.05) is 17.3 Å². The van der Waals surface area contributed by atoms with Crippen LogP contribution in [0.3, 0.4) is 0 Å². The van der Waals surface area contributed by atoms with Crippen molar-refractivity contribution in [1.29, 1.82) is 0 Å². The number of hydrogen-bond acceptors (Lipinski definition) is 4. The van der Waals surface area contributed by atoms with Crippen LogP contribution in [-0.2, 0) is 0 Å². The second kappa shape index (κ2) is 4.00. The van der Waals surface area contributed by atoms with Gasteiger partial charge in [-0.15, -0.1) is 0 Å². The first kappa shape index (κ1) is 6.44. The Kier molecular flexibility index (Phi) is 1.72. The van der Waals surface area contributed by atoms with Gasteiger partial charge in [-0.2, -0.15) is 0 Å². The number of anilines is 1. The number of rotatable bonds is 2. The minimum absolute atomic E-state index is 0.302. The highest BCUT2D eigenvalue weighted by molar-refractivity contribution is 5.41. The summed E-state index contributed by atoms with van der Waals surface area (Å²) in [5, 5.41) is 3.78. The molecular formula is C10H11FN4. The van der Waals surface area contributed by atoms with E-state index in [1.165, 1.54) is 18.3 Å². The second-order valence-corrected chi connectivity index (χ2v) is 2.86. The zero-order valence-corrected chi connectivity index (χ0v) is 7.74. The molecule has 0 amide bonds. The van der Waals surface area contributed by atoms with Crippen LogP contribution in [0, 0.1) is 5.82 Å². The van der Waals surface area contributed by atoms with Gasteiger partial charge in [0.05, 0.1) is 6.20 Å². The van der Waals surface area contributed by atoms with Crippen LogP contribution in [0.2, 0.25) is 0 Å². The summed E-state index contributed by atoms with van der Waals surface area (Å²) in [6.07, 6.45) is 5.77. The van der Waals surface area contributed by atoms with Gasteiger partial charge in [-0.05, 0) is 24.3 Å². The van der Waals surface area contributed by atoms with Gasteiger partial charge in [0.1, 0.15) is 17.5 Å². The fraction of sp³-hybridized carbons (Fsp3) is 0.100. The van der Waals surface area contributed by atoms with Crippen LogP contribution in [0.1, 0.15) is 4.11 Å². The molecule has 2 heterocycles. The lowest BCUT2D eigenvalue weighted by atomic mass is 10.4. The van der Waals surface area contributed by atoms with E-state index in [4.69, 9.17) is 4.11 Å². The molecule has 2 N–H and O–H groups in total. The summed E-state index contributed by atoms with van der Waals surface area (Å²) in [5.74, 6) is 0.203. The van der Waals surface area contributed by atoms with Crippen molar-refractivity contribution in [2.24, 2.45) is 0 Å². The highest BCUT2D eigenvalue weighted by Crippen LogP contribution is 2.10. The molecular weight excluding hydrogens is 195 g/mol. The average molecular weight is 209 g/mol. The molecule has 0 atom stereocenters. The lowest BCUT2D eigenvalue weighted by Crippen LogP contribution is -2.34. The highest BCUT2D eigenvalue weighted by atomic mass is 19.1. The van der Waals surface area contributed by atoms with Crippen molar-refractivity contribution in [3.63, 3.8) is 0 Å². The van der Waals surface area contributed by atoms with Crippen molar-refractivity contribution in [1.82, 2.24) is 15.4 Å². The molecule has 0 radical (unpaired) electrons. The third-order valence-corrected chi connectivity index (χ3v) is 1.78. The molecule has 15 heavy (non-hydrogen) atoms. The molecule has 0 aromatic carbocycles. The van der Waals surface area contributed by atoms with Gasteiger partial charge in [0.25, 0.3) is 0 Å². The van der Waals surface area contributed by atoms with E-state index in [1.54, 1.807) is 12.2 Å². The Morgan fingerprint density at radius 3 is 3.27 bits per heavy atom. The zero-order chi connectivity index (χ0) is 13.2. The fourth-order valence-corrected chi connectivity index (χ4v) is 1.08. The summed E-state index contributed by atoms with van der Waals surface area (Å²) in [7, 11) is 0. The number of nitrogens with one attached hydrogen (secondary N) is 2. The topological polar surface area (TPSA) is 40.2 Å². The van der Waals surface area contributed by atoms with Crippen LogP contribution in [0.25, 0.3) is 0 Å². The fourth-order valence-electron chi connectivity index (χ4n) is 1.08. The van der Waals surface area contributed by atoms with E-state index < -0.39 is 12.8 Å². The molecule has 2 rings (SSSR count). The quantitative estimate of drug-likeness (QED) is 0.773. The van der Waals surface area contributed by atoms with Gasteiger partial charge < -0.3 is 10.7 Å². The number of allylic oxidation sites excluding steroid dienone is 2. The molecule has 0 bridgehead atoms. The molecule has 0 fully saturated rings. The van der Waals surface area contributed by atoms with Crippen molar-refractivity contribution < 1.29 is 8.50 Å². The largest absolute Gasteiger partial charge is 0.325 e. The van der Waals surface area contributed by atoms with E-state index in [1.807, 2.05) is 0 Å². The Hall–Kier alpha value is -2.04. The molecule has 0 spiro atoms. The smallest absolute Gasteiger partial charge is 0.141 e. The third kappa shape index (κ3) is 2.25. The van der Waals surface area contributed by atoms with E-state index in [0.29, 0.717) is 11.6 Å². The number of hydrazine groups is 1. The molecule has 1 aromatic rings. The second-order valence-electron chi connectivity index (χ2n) is 2.86. The lowest BCUT2D eigenvalue weighted by Gasteiger charge is -2.25. The maximum absolute atomic E-state index is 12.7. The molecule has 0 aliphatic carbocycles. The molecule has 78 valence electrons. The maximum Gasteiger partial charge on any atom is 0.141 e. The standard InChI is InChI=1S/C10H11FN4/c1-15-10(3-2-6-13-15)14-9-5-4-8(11)7-12-9/h2-7,13H,1H3,(H,12,14)/i1D3. The molecule has 0 unspecified atom stereocenters. The summed E-state index contributed by atoms with van der Waals surface area (Å²) in [5.41, 5.74) is 2.60. The van der Waals surface area contributed by atoms with E-state index in [2.05, 4.69) is 15.7 Å². The predicted molar refractivity (Wildman–Crippen MR) is 55.9 cm³/mol. The minimum Gasteiger partial charge on any atom is -0.325 e. The molecule has 4 nitrogen and oxygen atoms in total. The number of nitrogens with zero attached hydrogens (tertiary/aromatic N) is 2. The van der Waals surface area contributed by atoms with Crippen LogP contribution in [0.5, 0.6) is 0 Å². The number of halogens is 1. The molecule has 1 aliphatic heterocycles. The predicted octanol–water partition coefficient (Wildman–Crippen LogP) is 1.44. The number of hydrogen-bond donors (Lipinski definition) is 2. The maximum atomic E-state index is 12.7. The zero-order valence-electron chi connectivity index (χ0n) is 10.7. The minimum atomic E-state index is -2.34. The normalized spacial score (nSPS) is 18.3. The Bertz CT molecular complexity index is 481. The highest BCUT2D eigenvalue weighted by Gasteiger charge is 2.05. The molecule has 5 heteroatoms. The first-order valence-corrected chi connectivity index (χ1v) is 4.28. The first-order chi connectivity index (χ1) is 8.47. The number of pyridine rings is 1. The van der Waals surface area contributed by atoms with E-state index in [-0.39, 0.29) is 0 Å². The Morgan fingerprint density at radius 1 is 1.60 bits per heavy atom. The monoisotopic (exact) mass is 209 g/mol. The van der Waals surface area contributed by atoms with E-state index in [0.717, 1.165) is 11.2 Å². The SMILES string of the molecule is [2H]C([2H])([2H])N1NC=CC=C1Nc1ccc(F)cn1. The third-order valence-electron chi connectivity index (χ3n) is 1.78. The van der Waals surface area contributed by atoms with Crippen LogP contribution >= 0.6 is 0 Å². The van der Waals surface area contributed by atoms with Crippen molar-refractivity contribution in [2.45, 2.75) is 0 Å². The van der Waals surface area contributed by atoms with Gasteiger partial charge in [-0.25, -0.2) is 9.37 Å². The van der Waals surface area contributed by atoms with Crippen LogP contribution in [-0.4, -0.2) is 17.0 Å². The molecule has 0 saturated heterocycles. The van der Waals surface area contributed by atoms with Gasteiger partial charge in [0.15, 0.2) is 0 Å². The van der Waals surface area contributed by atoms with Crippen molar-refractivity contribution in [2.75, 3.05) is 12.3 Å². The lowest BCUT2D eigenvalue weighted by molar-refractivity contribution is 0.351. The molecule has 1 aromatic heterocycles. The number of aromatic nitrogens is 1. The van der Waals surface area contributed by atoms with Crippen LogP contribution in [0.15, 0.2) is 42.5 Å². The van der Waals surface area contributed by atoms with Gasteiger partial charge in [-0.1, -0.05) is 0 Å². The summed E-state index contributed by atoms with van der Waals surface area (Å²) in [6, 6.07) is 2.66.